The maximum atomic E-state index is 15.4. The van der Waals surface area contributed by atoms with Gasteiger partial charge in [0.1, 0.15) is 17.8 Å². The molecule has 0 atom stereocenters. The number of nitrogen functional groups attached to an aromatic ring is 1. The first kappa shape index (κ1) is 24.8. The second-order valence-electron chi connectivity index (χ2n) is 9.08. The molecule has 0 aliphatic heterocycles. The summed E-state index contributed by atoms with van der Waals surface area (Å²) in [4.78, 5) is 23.7. The fraction of sp³-hybridized carbons (Fsp3) is 0.179. The van der Waals surface area contributed by atoms with Gasteiger partial charge in [-0.1, -0.05) is 12.0 Å². The summed E-state index contributed by atoms with van der Waals surface area (Å²) < 4.78 is 22.9. The first-order valence-electron chi connectivity index (χ1n) is 11.7. The molecule has 190 valence electrons. The zero-order valence-electron chi connectivity index (χ0n) is 21.4. The lowest BCUT2D eigenvalue weighted by Crippen LogP contribution is -2.13. The van der Waals surface area contributed by atoms with E-state index in [0.29, 0.717) is 51.4 Å². The number of aryl methyl sites for hydroxylation is 2. The van der Waals surface area contributed by atoms with Gasteiger partial charge in [-0.05, 0) is 56.4 Å². The molecule has 0 bridgehead atoms. The van der Waals surface area contributed by atoms with E-state index in [1.54, 1.807) is 31.5 Å². The minimum Gasteiger partial charge on any atom is -0.421 e. The molecule has 2 N–H and O–H groups in total. The van der Waals surface area contributed by atoms with Crippen LogP contribution in [-0.2, 0) is 13.6 Å². The van der Waals surface area contributed by atoms with Gasteiger partial charge >= 0.3 is 6.01 Å². The third-order valence-electron chi connectivity index (χ3n) is 6.04. The van der Waals surface area contributed by atoms with Crippen molar-refractivity contribution in [3.8, 4) is 46.6 Å². The number of pyridine rings is 1. The number of aromatic nitrogens is 6. The Kier molecular flexibility index (Phi) is 6.45. The predicted molar refractivity (Wildman–Crippen MR) is 144 cm³/mol. The van der Waals surface area contributed by atoms with Crippen molar-refractivity contribution < 1.29 is 9.13 Å². The summed E-state index contributed by atoms with van der Waals surface area (Å²) in [5.41, 5.74) is 11.8. The average molecular weight is 509 g/mol. The molecule has 0 amide bonds. The van der Waals surface area contributed by atoms with Crippen molar-refractivity contribution in [2.75, 3.05) is 19.8 Å². The van der Waals surface area contributed by atoms with Crippen LogP contribution < -0.4 is 10.5 Å². The lowest BCUT2D eigenvalue weighted by Gasteiger charge is -2.16. The molecule has 0 aliphatic rings. The minimum atomic E-state index is -0.588. The highest BCUT2D eigenvalue weighted by molar-refractivity contribution is 6.07. The molecule has 5 rings (SSSR count). The maximum absolute atomic E-state index is 15.4. The third-order valence-corrected chi connectivity index (χ3v) is 6.04. The zero-order chi connectivity index (χ0) is 27.0. The number of halogens is 1. The number of terminal acetylenes is 1. The summed E-state index contributed by atoms with van der Waals surface area (Å²) in [5, 5.41) is 0.596. The molecule has 38 heavy (non-hydrogen) atoms. The molecule has 0 saturated heterocycles. The largest absolute Gasteiger partial charge is 0.421 e. The summed E-state index contributed by atoms with van der Waals surface area (Å²) in [6.07, 6.45) is 10.3. The Hall–Kier alpha value is -4.88. The van der Waals surface area contributed by atoms with Gasteiger partial charge in [0.25, 0.3) is 0 Å². The standard InChI is InChI=1S/C28H25FN8O/c1-6-17-11-19(14-36(3)4)24(32-13-17)25-22(23-26(30)33-15-34-27(23)37(25)5)18-7-8-21(20(29)12-18)38-28-31-10-9-16(2)35-28/h1,7-13,15H,14H2,2-5H3,(H2,30,33,34). The molecule has 4 aromatic heterocycles. The summed E-state index contributed by atoms with van der Waals surface area (Å²) in [6.45, 7) is 2.38. The van der Waals surface area contributed by atoms with Crippen LogP contribution in [0.4, 0.5) is 10.2 Å². The van der Waals surface area contributed by atoms with Gasteiger partial charge in [-0.3, -0.25) is 4.98 Å². The Morgan fingerprint density at radius 1 is 1.13 bits per heavy atom. The van der Waals surface area contributed by atoms with Crippen LogP contribution in [0.15, 0.2) is 49.1 Å². The van der Waals surface area contributed by atoms with Gasteiger partial charge in [-0.25, -0.2) is 24.3 Å². The number of hydrogen-bond donors (Lipinski definition) is 1. The minimum absolute atomic E-state index is 0.00449. The molecular formula is C28H25FN8O. The van der Waals surface area contributed by atoms with E-state index in [-0.39, 0.29) is 17.6 Å². The van der Waals surface area contributed by atoms with Crippen molar-refractivity contribution in [1.29, 1.82) is 0 Å². The van der Waals surface area contributed by atoms with Crippen molar-refractivity contribution in [2.24, 2.45) is 7.05 Å². The average Bonchev–Trinajstić information content (AvgIpc) is 3.18. The number of ether oxygens (including phenoxy) is 1. The molecule has 10 heteroatoms. The zero-order valence-corrected chi connectivity index (χ0v) is 21.4. The van der Waals surface area contributed by atoms with E-state index in [4.69, 9.17) is 21.9 Å². The fourth-order valence-electron chi connectivity index (χ4n) is 4.41. The fourth-order valence-corrected chi connectivity index (χ4v) is 4.41. The van der Waals surface area contributed by atoms with Crippen LogP contribution in [0.1, 0.15) is 16.8 Å². The van der Waals surface area contributed by atoms with Crippen LogP contribution in [0.3, 0.4) is 0 Å². The van der Waals surface area contributed by atoms with Crippen LogP contribution in [0.2, 0.25) is 0 Å². The monoisotopic (exact) mass is 508 g/mol. The quantitative estimate of drug-likeness (QED) is 0.337. The maximum Gasteiger partial charge on any atom is 0.322 e. The Morgan fingerprint density at radius 2 is 1.95 bits per heavy atom. The number of fused-ring (bicyclic) bond motifs is 1. The first-order valence-corrected chi connectivity index (χ1v) is 11.7. The van der Waals surface area contributed by atoms with Gasteiger partial charge in [0, 0.05) is 42.8 Å². The van der Waals surface area contributed by atoms with Crippen molar-refractivity contribution in [3.05, 3.63) is 71.7 Å². The second-order valence-corrected chi connectivity index (χ2v) is 9.08. The van der Waals surface area contributed by atoms with E-state index in [2.05, 4.69) is 25.9 Å². The number of nitrogens with zero attached hydrogens (tertiary/aromatic N) is 7. The van der Waals surface area contributed by atoms with Crippen molar-refractivity contribution in [2.45, 2.75) is 13.5 Å². The Balaban J connectivity index is 1.73. The molecule has 0 fully saturated rings. The Labute approximate surface area is 219 Å². The van der Waals surface area contributed by atoms with E-state index >= 15 is 4.39 Å². The van der Waals surface area contributed by atoms with E-state index in [0.717, 1.165) is 5.56 Å². The number of hydrogen-bond acceptors (Lipinski definition) is 8. The number of benzene rings is 1. The highest BCUT2D eigenvalue weighted by atomic mass is 19.1. The lowest BCUT2D eigenvalue weighted by atomic mass is 9.98. The molecule has 0 aliphatic carbocycles. The van der Waals surface area contributed by atoms with Crippen LogP contribution >= 0.6 is 0 Å². The number of nitrogens with two attached hydrogens (primary N) is 1. The molecule has 0 saturated carbocycles. The van der Waals surface area contributed by atoms with Crippen molar-refractivity contribution >= 4 is 16.9 Å². The topological polar surface area (TPSA) is 108 Å². The van der Waals surface area contributed by atoms with Gasteiger partial charge in [-0.2, -0.15) is 0 Å². The molecule has 9 nitrogen and oxygen atoms in total. The van der Waals surface area contributed by atoms with Gasteiger partial charge in [0.2, 0.25) is 0 Å². The molecule has 5 aromatic rings. The second kappa shape index (κ2) is 9.88. The molecular weight excluding hydrogens is 483 g/mol. The normalized spacial score (nSPS) is 11.2. The third kappa shape index (κ3) is 4.51. The van der Waals surface area contributed by atoms with E-state index in [9.17, 15) is 0 Å². The number of anilines is 1. The van der Waals surface area contributed by atoms with Crippen LogP contribution in [0.25, 0.3) is 33.5 Å². The summed E-state index contributed by atoms with van der Waals surface area (Å²) in [6, 6.07) is 8.39. The smallest absolute Gasteiger partial charge is 0.322 e. The lowest BCUT2D eigenvalue weighted by molar-refractivity contribution is 0.402. The summed E-state index contributed by atoms with van der Waals surface area (Å²) in [7, 11) is 5.79. The van der Waals surface area contributed by atoms with Gasteiger partial charge in [0.05, 0.1) is 16.8 Å². The van der Waals surface area contributed by atoms with Crippen molar-refractivity contribution in [1.82, 2.24) is 34.4 Å². The first-order chi connectivity index (χ1) is 18.3. The van der Waals surface area contributed by atoms with Gasteiger partial charge in [0.15, 0.2) is 11.6 Å². The molecule has 0 spiro atoms. The Morgan fingerprint density at radius 3 is 2.66 bits per heavy atom. The molecule has 0 radical (unpaired) electrons. The molecule has 1 aromatic carbocycles. The summed E-state index contributed by atoms with van der Waals surface area (Å²) >= 11 is 0. The van der Waals surface area contributed by atoms with Crippen LogP contribution in [0.5, 0.6) is 11.8 Å². The van der Waals surface area contributed by atoms with Crippen LogP contribution in [-0.4, -0.2) is 48.5 Å². The molecule has 4 heterocycles. The van der Waals surface area contributed by atoms with E-state index < -0.39 is 5.82 Å². The Bertz CT molecular complexity index is 1720. The van der Waals surface area contributed by atoms with Crippen molar-refractivity contribution in [3.63, 3.8) is 0 Å². The highest BCUT2D eigenvalue weighted by Gasteiger charge is 2.25. The predicted octanol–water partition coefficient (Wildman–Crippen LogP) is 4.35. The van der Waals surface area contributed by atoms with E-state index in [1.165, 1.54) is 18.5 Å². The van der Waals surface area contributed by atoms with Gasteiger partial charge < -0.3 is 19.9 Å². The number of rotatable bonds is 6. The SMILES string of the molecule is C#Cc1cnc(-c2c(-c3ccc(Oc4nccc(C)n4)c(F)c3)c3c(N)ncnc3n2C)c(CN(C)C)c1. The van der Waals surface area contributed by atoms with E-state index in [1.807, 2.05) is 36.7 Å². The highest BCUT2D eigenvalue weighted by Crippen LogP contribution is 2.43. The summed E-state index contributed by atoms with van der Waals surface area (Å²) in [5.74, 6) is 2.33. The molecule has 0 unspecified atom stereocenters. The van der Waals surface area contributed by atoms with Gasteiger partial charge in [-0.15, -0.1) is 6.42 Å². The van der Waals surface area contributed by atoms with Crippen LogP contribution in [0, 0.1) is 25.1 Å².